The van der Waals surface area contributed by atoms with Crippen LogP contribution < -0.4 is 10.2 Å². The maximum absolute atomic E-state index is 13.8. The number of anilines is 2. The third-order valence-electron chi connectivity index (χ3n) is 3.18. The van der Waals surface area contributed by atoms with Gasteiger partial charge in [0.25, 0.3) is 0 Å². The summed E-state index contributed by atoms with van der Waals surface area (Å²) >= 11 is 0. The van der Waals surface area contributed by atoms with Gasteiger partial charge in [0.1, 0.15) is 11.6 Å². The van der Waals surface area contributed by atoms with Crippen LogP contribution in [-0.4, -0.2) is 14.1 Å². The molecule has 2 aromatic carbocycles. The Morgan fingerprint density at radius 2 is 1.75 bits per heavy atom. The van der Waals surface area contributed by atoms with Crippen molar-refractivity contribution in [1.82, 2.24) is 0 Å². The number of benzene rings is 2. The van der Waals surface area contributed by atoms with E-state index in [-0.39, 0.29) is 6.04 Å². The molecule has 106 valence electrons. The van der Waals surface area contributed by atoms with E-state index in [1.54, 1.807) is 0 Å². The predicted octanol–water partition coefficient (Wildman–Crippen LogP) is 4.20. The molecule has 0 fully saturated rings. The monoisotopic (exact) mass is 276 g/mol. The Hall–Kier alpha value is -2.10. The largest absolute Gasteiger partial charge is 0.377 e. The van der Waals surface area contributed by atoms with E-state index in [1.807, 2.05) is 50.2 Å². The van der Waals surface area contributed by atoms with Crippen LogP contribution in [0.3, 0.4) is 0 Å². The molecular formula is C16H18F2N2. The van der Waals surface area contributed by atoms with E-state index >= 15 is 0 Å². The van der Waals surface area contributed by atoms with Gasteiger partial charge in [0.15, 0.2) is 0 Å². The van der Waals surface area contributed by atoms with E-state index in [0.29, 0.717) is 5.56 Å². The van der Waals surface area contributed by atoms with Crippen LogP contribution in [0.2, 0.25) is 0 Å². The summed E-state index contributed by atoms with van der Waals surface area (Å²) in [6.45, 7) is 1.81. The SMILES string of the molecule is CC(Nc1ccccc1N(C)C)c1cc(F)ccc1F. The Morgan fingerprint density at radius 3 is 2.45 bits per heavy atom. The minimum atomic E-state index is -0.434. The highest BCUT2D eigenvalue weighted by Gasteiger charge is 2.13. The fourth-order valence-electron chi connectivity index (χ4n) is 2.14. The Balaban J connectivity index is 2.28. The highest BCUT2D eigenvalue weighted by atomic mass is 19.1. The van der Waals surface area contributed by atoms with Gasteiger partial charge in [0, 0.05) is 19.7 Å². The van der Waals surface area contributed by atoms with Crippen molar-refractivity contribution in [2.24, 2.45) is 0 Å². The number of halogens is 2. The molecule has 1 N–H and O–H groups in total. The molecule has 20 heavy (non-hydrogen) atoms. The van der Waals surface area contributed by atoms with Crippen molar-refractivity contribution in [1.29, 1.82) is 0 Å². The predicted molar refractivity (Wildman–Crippen MR) is 79.2 cm³/mol. The van der Waals surface area contributed by atoms with Crippen LogP contribution in [0.25, 0.3) is 0 Å². The molecule has 0 aromatic heterocycles. The lowest BCUT2D eigenvalue weighted by Gasteiger charge is -2.22. The minimum absolute atomic E-state index is 0.318. The van der Waals surface area contributed by atoms with Crippen LogP contribution in [-0.2, 0) is 0 Å². The van der Waals surface area contributed by atoms with Crippen molar-refractivity contribution in [3.05, 3.63) is 59.7 Å². The fraction of sp³-hybridized carbons (Fsp3) is 0.250. The van der Waals surface area contributed by atoms with Crippen LogP contribution in [0.4, 0.5) is 20.2 Å². The summed E-state index contributed by atoms with van der Waals surface area (Å²) in [4.78, 5) is 1.97. The zero-order chi connectivity index (χ0) is 14.7. The zero-order valence-electron chi connectivity index (χ0n) is 11.8. The van der Waals surface area contributed by atoms with E-state index in [9.17, 15) is 8.78 Å². The van der Waals surface area contributed by atoms with Gasteiger partial charge in [-0.1, -0.05) is 12.1 Å². The molecular weight excluding hydrogens is 258 g/mol. The molecule has 0 heterocycles. The fourth-order valence-corrected chi connectivity index (χ4v) is 2.14. The van der Waals surface area contributed by atoms with Crippen molar-refractivity contribution in [2.45, 2.75) is 13.0 Å². The Labute approximate surface area is 118 Å². The molecule has 0 bridgehead atoms. The normalized spacial score (nSPS) is 12.1. The number of hydrogen-bond acceptors (Lipinski definition) is 2. The van der Waals surface area contributed by atoms with Gasteiger partial charge in [-0.3, -0.25) is 0 Å². The van der Waals surface area contributed by atoms with E-state index in [4.69, 9.17) is 0 Å². The van der Waals surface area contributed by atoms with Crippen molar-refractivity contribution >= 4 is 11.4 Å². The maximum atomic E-state index is 13.8. The smallest absolute Gasteiger partial charge is 0.128 e. The molecule has 0 spiro atoms. The van der Waals surface area contributed by atoms with Gasteiger partial charge in [0.05, 0.1) is 17.4 Å². The third kappa shape index (κ3) is 3.07. The average Bonchev–Trinajstić information content (AvgIpc) is 2.41. The quantitative estimate of drug-likeness (QED) is 0.900. The summed E-state index contributed by atoms with van der Waals surface area (Å²) in [6, 6.07) is 10.9. The first-order chi connectivity index (χ1) is 9.49. The molecule has 0 aliphatic rings. The number of para-hydroxylation sites is 2. The Kier molecular flexibility index (Phi) is 4.23. The van der Waals surface area contributed by atoms with Crippen LogP contribution in [0.5, 0.6) is 0 Å². The number of hydrogen-bond donors (Lipinski definition) is 1. The molecule has 2 aromatic rings. The Bertz CT molecular complexity index is 597. The molecule has 0 radical (unpaired) electrons. The van der Waals surface area contributed by atoms with E-state index < -0.39 is 11.6 Å². The van der Waals surface area contributed by atoms with Crippen LogP contribution in [0.1, 0.15) is 18.5 Å². The summed E-state index contributed by atoms with van der Waals surface area (Å²) in [5.74, 6) is -0.843. The molecule has 0 aliphatic carbocycles. The van der Waals surface area contributed by atoms with Crippen molar-refractivity contribution in [2.75, 3.05) is 24.3 Å². The summed E-state index contributed by atoms with van der Waals surface area (Å²) in [5, 5.41) is 3.23. The molecule has 2 rings (SSSR count). The molecule has 4 heteroatoms. The maximum Gasteiger partial charge on any atom is 0.128 e. The molecule has 1 atom stereocenters. The van der Waals surface area contributed by atoms with Gasteiger partial charge in [-0.05, 0) is 37.3 Å². The Morgan fingerprint density at radius 1 is 1.05 bits per heavy atom. The second kappa shape index (κ2) is 5.90. The van der Waals surface area contributed by atoms with E-state index in [2.05, 4.69) is 5.32 Å². The van der Waals surface area contributed by atoms with E-state index in [1.165, 1.54) is 6.07 Å². The molecule has 2 nitrogen and oxygen atoms in total. The lowest BCUT2D eigenvalue weighted by molar-refractivity contribution is 0.577. The van der Waals surface area contributed by atoms with Gasteiger partial charge < -0.3 is 10.2 Å². The minimum Gasteiger partial charge on any atom is -0.377 e. The lowest BCUT2D eigenvalue weighted by Crippen LogP contribution is -2.14. The third-order valence-corrected chi connectivity index (χ3v) is 3.18. The van der Waals surface area contributed by atoms with Gasteiger partial charge in [0.2, 0.25) is 0 Å². The van der Waals surface area contributed by atoms with Crippen LogP contribution in [0, 0.1) is 11.6 Å². The second-order valence-electron chi connectivity index (χ2n) is 4.94. The highest BCUT2D eigenvalue weighted by molar-refractivity contribution is 5.69. The van der Waals surface area contributed by atoms with Crippen LogP contribution >= 0.6 is 0 Å². The molecule has 1 unspecified atom stereocenters. The second-order valence-corrected chi connectivity index (χ2v) is 4.94. The summed E-state index contributed by atoms with van der Waals surface area (Å²) in [5.41, 5.74) is 2.20. The first-order valence-corrected chi connectivity index (χ1v) is 6.47. The lowest BCUT2D eigenvalue weighted by atomic mass is 10.1. The number of rotatable bonds is 4. The zero-order valence-corrected chi connectivity index (χ0v) is 11.8. The average molecular weight is 276 g/mol. The van der Waals surface area contributed by atoms with Crippen molar-refractivity contribution < 1.29 is 8.78 Å². The summed E-state index contributed by atoms with van der Waals surface area (Å²) in [7, 11) is 3.88. The van der Waals surface area contributed by atoms with Gasteiger partial charge in [-0.2, -0.15) is 0 Å². The molecule has 0 saturated carbocycles. The van der Waals surface area contributed by atoms with Crippen molar-refractivity contribution in [3.8, 4) is 0 Å². The first-order valence-electron chi connectivity index (χ1n) is 6.47. The van der Waals surface area contributed by atoms with Crippen LogP contribution in [0.15, 0.2) is 42.5 Å². The highest BCUT2D eigenvalue weighted by Crippen LogP contribution is 2.28. The van der Waals surface area contributed by atoms with Gasteiger partial charge in [-0.25, -0.2) is 8.78 Å². The topological polar surface area (TPSA) is 15.3 Å². The van der Waals surface area contributed by atoms with Gasteiger partial charge >= 0.3 is 0 Å². The summed E-state index contributed by atoms with van der Waals surface area (Å²) in [6.07, 6.45) is 0. The van der Waals surface area contributed by atoms with Crippen molar-refractivity contribution in [3.63, 3.8) is 0 Å². The van der Waals surface area contributed by atoms with E-state index in [0.717, 1.165) is 23.5 Å². The van der Waals surface area contributed by atoms with Gasteiger partial charge in [-0.15, -0.1) is 0 Å². The number of nitrogens with zero attached hydrogens (tertiary/aromatic N) is 1. The standard InChI is InChI=1S/C16H18F2N2/c1-11(13-10-12(17)8-9-14(13)18)19-15-6-4-5-7-16(15)20(2)3/h4-11,19H,1-3H3. The molecule has 0 saturated heterocycles. The first kappa shape index (κ1) is 14.3. The summed E-state index contributed by atoms with van der Waals surface area (Å²) < 4.78 is 27.0. The number of nitrogens with one attached hydrogen (secondary N) is 1. The molecule has 0 amide bonds. The molecule has 0 aliphatic heterocycles.